The highest BCUT2D eigenvalue weighted by molar-refractivity contribution is 4.97. The van der Waals surface area contributed by atoms with Crippen LogP contribution in [0, 0.1) is 0 Å². The molecule has 2 aliphatic carbocycles. The number of hydrogen-bond donors (Lipinski definition) is 1. The first-order chi connectivity index (χ1) is 6.35. The molecule has 0 unspecified atom stereocenters. The third-order valence-electron chi connectivity index (χ3n) is 4.10. The fourth-order valence-electron chi connectivity index (χ4n) is 2.88. The normalized spacial score (nSPS) is 28.4. The minimum Gasteiger partial charge on any atom is -0.309 e. The lowest BCUT2D eigenvalue weighted by Gasteiger charge is -2.45. The summed E-state index contributed by atoms with van der Waals surface area (Å²) >= 11 is 0. The molecular weight excluding hydrogens is 158 g/mol. The van der Waals surface area contributed by atoms with E-state index in [1.807, 2.05) is 0 Å². The van der Waals surface area contributed by atoms with Crippen molar-refractivity contribution >= 4 is 0 Å². The van der Waals surface area contributed by atoms with Crippen LogP contribution in [0.25, 0.3) is 0 Å². The van der Waals surface area contributed by atoms with E-state index in [1.165, 1.54) is 57.8 Å². The molecule has 0 atom stereocenters. The van der Waals surface area contributed by atoms with Crippen molar-refractivity contribution in [2.24, 2.45) is 0 Å². The van der Waals surface area contributed by atoms with E-state index in [-0.39, 0.29) is 0 Å². The minimum absolute atomic E-state index is 0.571. The molecule has 13 heavy (non-hydrogen) atoms. The predicted octanol–water partition coefficient (Wildman–Crippen LogP) is 3.24. The van der Waals surface area contributed by atoms with Gasteiger partial charge >= 0.3 is 0 Å². The van der Waals surface area contributed by atoms with Gasteiger partial charge in [0.1, 0.15) is 0 Å². The fraction of sp³-hybridized carbons (Fsp3) is 1.00. The SMILES string of the molecule is CCC1(NC2CCCCC2)CCC1. The molecule has 0 heterocycles. The molecule has 1 nitrogen and oxygen atoms in total. The molecule has 0 amide bonds. The molecule has 1 heteroatoms. The summed E-state index contributed by atoms with van der Waals surface area (Å²) in [5.74, 6) is 0. The summed E-state index contributed by atoms with van der Waals surface area (Å²) in [4.78, 5) is 0. The number of hydrogen-bond acceptors (Lipinski definition) is 1. The van der Waals surface area contributed by atoms with Crippen molar-refractivity contribution in [1.29, 1.82) is 0 Å². The van der Waals surface area contributed by atoms with Crippen molar-refractivity contribution in [3.63, 3.8) is 0 Å². The molecule has 2 aliphatic rings. The van der Waals surface area contributed by atoms with Crippen molar-refractivity contribution in [3.8, 4) is 0 Å². The summed E-state index contributed by atoms with van der Waals surface area (Å²) < 4.78 is 0. The Morgan fingerprint density at radius 1 is 1.08 bits per heavy atom. The van der Waals surface area contributed by atoms with Crippen molar-refractivity contribution in [1.82, 2.24) is 5.32 Å². The molecule has 76 valence electrons. The summed E-state index contributed by atoms with van der Waals surface area (Å²) in [6, 6.07) is 0.856. The zero-order chi connectivity index (χ0) is 9.15. The molecule has 0 saturated heterocycles. The quantitative estimate of drug-likeness (QED) is 0.705. The maximum absolute atomic E-state index is 3.92. The van der Waals surface area contributed by atoms with Crippen LogP contribution in [0.3, 0.4) is 0 Å². The molecule has 0 aromatic carbocycles. The molecule has 2 rings (SSSR count). The van der Waals surface area contributed by atoms with Crippen molar-refractivity contribution in [3.05, 3.63) is 0 Å². The van der Waals surface area contributed by atoms with Crippen LogP contribution in [0.2, 0.25) is 0 Å². The Hall–Kier alpha value is -0.0400. The van der Waals surface area contributed by atoms with Crippen LogP contribution in [0.4, 0.5) is 0 Å². The zero-order valence-corrected chi connectivity index (χ0v) is 8.94. The second-order valence-corrected chi connectivity index (χ2v) is 4.97. The highest BCUT2D eigenvalue weighted by Crippen LogP contribution is 2.36. The van der Waals surface area contributed by atoms with E-state index in [0.29, 0.717) is 5.54 Å². The van der Waals surface area contributed by atoms with Gasteiger partial charge in [-0.25, -0.2) is 0 Å². The Kier molecular flexibility index (Phi) is 2.92. The van der Waals surface area contributed by atoms with E-state index in [2.05, 4.69) is 12.2 Å². The molecule has 0 aromatic heterocycles. The molecular formula is C12H23N. The van der Waals surface area contributed by atoms with Gasteiger partial charge in [0, 0.05) is 11.6 Å². The summed E-state index contributed by atoms with van der Waals surface area (Å²) in [6.07, 6.45) is 12.9. The highest BCUT2D eigenvalue weighted by Gasteiger charge is 2.36. The Labute approximate surface area is 82.3 Å². The van der Waals surface area contributed by atoms with Crippen molar-refractivity contribution in [2.45, 2.75) is 76.3 Å². The molecule has 0 aromatic rings. The standard InChI is InChI=1S/C12H23N/c1-2-12(9-6-10-12)13-11-7-4-3-5-8-11/h11,13H,2-10H2,1H3. The second-order valence-electron chi connectivity index (χ2n) is 4.97. The Bertz CT molecular complexity index is 149. The van der Waals surface area contributed by atoms with Gasteiger partial charge in [0.15, 0.2) is 0 Å². The van der Waals surface area contributed by atoms with E-state index in [9.17, 15) is 0 Å². The first-order valence-corrected chi connectivity index (χ1v) is 6.12. The lowest BCUT2D eigenvalue weighted by atomic mass is 9.73. The van der Waals surface area contributed by atoms with Gasteiger partial charge in [-0.2, -0.15) is 0 Å². The Morgan fingerprint density at radius 2 is 1.77 bits per heavy atom. The van der Waals surface area contributed by atoms with E-state index in [0.717, 1.165) is 6.04 Å². The summed E-state index contributed by atoms with van der Waals surface area (Å²) in [5, 5.41) is 3.92. The first kappa shape index (κ1) is 9.51. The topological polar surface area (TPSA) is 12.0 Å². The van der Waals surface area contributed by atoms with Gasteiger partial charge in [0.2, 0.25) is 0 Å². The summed E-state index contributed by atoms with van der Waals surface area (Å²) in [7, 11) is 0. The Balaban J connectivity index is 1.81. The van der Waals surface area contributed by atoms with Crippen LogP contribution in [-0.2, 0) is 0 Å². The smallest absolute Gasteiger partial charge is 0.0181 e. The molecule has 0 radical (unpaired) electrons. The minimum atomic E-state index is 0.571. The molecule has 2 saturated carbocycles. The maximum Gasteiger partial charge on any atom is 0.0181 e. The number of rotatable bonds is 3. The molecule has 1 N–H and O–H groups in total. The van der Waals surface area contributed by atoms with Gasteiger partial charge in [-0.15, -0.1) is 0 Å². The summed E-state index contributed by atoms with van der Waals surface area (Å²) in [5.41, 5.74) is 0.571. The van der Waals surface area contributed by atoms with Gasteiger partial charge in [-0.3, -0.25) is 0 Å². The first-order valence-electron chi connectivity index (χ1n) is 6.12. The van der Waals surface area contributed by atoms with Crippen molar-refractivity contribution in [2.75, 3.05) is 0 Å². The third kappa shape index (κ3) is 2.07. The number of nitrogens with one attached hydrogen (secondary N) is 1. The van der Waals surface area contributed by atoms with E-state index < -0.39 is 0 Å². The lowest BCUT2D eigenvalue weighted by Crippen LogP contribution is -2.54. The van der Waals surface area contributed by atoms with E-state index in [1.54, 1.807) is 0 Å². The third-order valence-corrected chi connectivity index (χ3v) is 4.10. The van der Waals surface area contributed by atoms with Gasteiger partial charge in [0.25, 0.3) is 0 Å². The monoisotopic (exact) mass is 181 g/mol. The van der Waals surface area contributed by atoms with Gasteiger partial charge < -0.3 is 5.32 Å². The zero-order valence-electron chi connectivity index (χ0n) is 8.94. The second kappa shape index (κ2) is 4.00. The fourth-order valence-corrected chi connectivity index (χ4v) is 2.88. The largest absolute Gasteiger partial charge is 0.309 e. The molecule has 0 bridgehead atoms. The highest BCUT2D eigenvalue weighted by atomic mass is 15.0. The van der Waals surface area contributed by atoms with Gasteiger partial charge in [0.05, 0.1) is 0 Å². The summed E-state index contributed by atoms with van der Waals surface area (Å²) in [6.45, 7) is 2.34. The Morgan fingerprint density at radius 3 is 2.23 bits per heavy atom. The molecule has 0 spiro atoms. The maximum atomic E-state index is 3.92. The van der Waals surface area contributed by atoms with Crippen LogP contribution in [0.15, 0.2) is 0 Å². The van der Waals surface area contributed by atoms with E-state index in [4.69, 9.17) is 0 Å². The van der Waals surface area contributed by atoms with Crippen LogP contribution in [0.5, 0.6) is 0 Å². The van der Waals surface area contributed by atoms with Crippen LogP contribution in [-0.4, -0.2) is 11.6 Å². The lowest BCUT2D eigenvalue weighted by molar-refractivity contribution is 0.142. The van der Waals surface area contributed by atoms with Crippen LogP contribution in [0.1, 0.15) is 64.7 Å². The van der Waals surface area contributed by atoms with Gasteiger partial charge in [-0.1, -0.05) is 26.2 Å². The predicted molar refractivity (Wildman–Crippen MR) is 56.9 cm³/mol. The van der Waals surface area contributed by atoms with Crippen molar-refractivity contribution < 1.29 is 0 Å². The molecule has 2 fully saturated rings. The van der Waals surface area contributed by atoms with Crippen LogP contribution >= 0.6 is 0 Å². The van der Waals surface area contributed by atoms with E-state index >= 15 is 0 Å². The molecule has 0 aliphatic heterocycles. The van der Waals surface area contributed by atoms with Gasteiger partial charge in [-0.05, 0) is 38.5 Å². The average Bonchev–Trinajstić information content (AvgIpc) is 2.13. The average molecular weight is 181 g/mol. The van der Waals surface area contributed by atoms with Crippen LogP contribution < -0.4 is 5.32 Å².